The first-order valence-electron chi connectivity index (χ1n) is 11.4. The van der Waals surface area contributed by atoms with Crippen LogP contribution in [0.3, 0.4) is 0 Å². The molecule has 0 aliphatic carbocycles. The molecule has 180 valence electrons. The van der Waals surface area contributed by atoms with E-state index in [0.29, 0.717) is 31.7 Å². The van der Waals surface area contributed by atoms with Crippen molar-refractivity contribution in [2.45, 2.75) is 31.6 Å². The number of sulfonamides is 1. The highest BCUT2D eigenvalue weighted by Gasteiger charge is 2.32. The van der Waals surface area contributed by atoms with Gasteiger partial charge in [0.15, 0.2) is 5.76 Å². The molecule has 1 aliphatic rings. The normalized spacial score (nSPS) is 15.2. The van der Waals surface area contributed by atoms with Crippen molar-refractivity contribution >= 4 is 15.9 Å². The van der Waals surface area contributed by atoms with Gasteiger partial charge < -0.3 is 14.2 Å². The number of carbonyl (C=O) groups excluding carboxylic acids is 1. The quantitative estimate of drug-likeness (QED) is 0.509. The Labute approximate surface area is 200 Å². The van der Waals surface area contributed by atoms with Gasteiger partial charge >= 0.3 is 0 Å². The van der Waals surface area contributed by atoms with E-state index in [1.807, 2.05) is 54.6 Å². The van der Waals surface area contributed by atoms with Gasteiger partial charge in [-0.1, -0.05) is 53.7 Å². The van der Waals surface area contributed by atoms with Crippen molar-refractivity contribution in [2.75, 3.05) is 32.8 Å². The van der Waals surface area contributed by atoms with Crippen molar-refractivity contribution in [3.8, 4) is 16.9 Å². The third-order valence-electron chi connectivity index (χ3n) is 5.92. The second-order valence-corrected chi connectivity index (χ2v) is 10.1. The predicted molar refractivity (Wildman–Crippen MR) is 128 cm³/mol. The van der Waals surface area contributed by atoms with E-state index in [9.17, 15) is 13.2 Å². The number of amides is 1. The van der Waals surface area contributed by atoms with Gasteiger partial charge in [0.2, 0.25) is 15.9 Å². The van der Waals surface area contributed by atoms with Crippen LogP contribution in [0.5, 0.6) is 5.75 Å². The zero-order valence-electron chi connectivity index (χ0n) is 19.4. The van der Waals surface area contributed by atoms with Crippen LogP contribution in [0.15, 0.2) is 64.0 Å². The topological polar surface area (TPSA) is 93.0 Å². The average Bonchev–Trinajstić information content (AvgIpc) is 3.02. The molecule has 1 aromatic heterocycles. The number of hydrogen-bond acceptors (Lipinski definition) is 6. The zero-order chi connectivity index (χ0) is 24.1. The molecule has 0 atom stereocenters. The molecule has 3 aromatic rings. The molecule has 0 spiro atoms. The monoisotopic (exact) mass is 483 g/mol. The Morgan fingerprint density at radius 2 is 1.74 bits per heavy atom. The van der Waals surface area contributed by atoms with E-state index < -0.39 is 10.0 Å². The second kappa shape index (κ2) is 10.4. The molecule has 1 aliphatic heterocycles. The maximum atomic E-state index is 13.1. The first kappa shape index (κ1) is 24.0. The Hall–Kier alpha value is -3.17. The Balaban J connectivity index is 1.34. The Morgan fingerprint density at radius 1 is 1.00 bits per heavy atom. The molecule has 1 saturated heterocycles. The van der Waals surface area contributed by atoms with E-state index in [2.05, 4.69) is 5.16 Å². The van der Waals surface area contributed by atoms with Gasteiger partial charge in [0.05, 0.1) is 13.0 Å². The second-order valence-electron chi connectivity index (χ2n) is 8.25. The van der Waals surface area contributed by atoms with Crippen LogP contribution < -0.4 is 4.74 Å². The summed E-state index contributed by atoms with van der Waals surface area (Å²) < 4.78 is 38.6. The third-order valence-corrected chi connectivity index (χ3v) is 8.06. The van der Waals surface area contributed by atoms with E-state index in [-0.39, 0.29) is 36.1 Å². The first-order chi connectivity index (χ1) is 16.4. The fourth-order valence-corrected chi connectivity index (χ4v) is 5.97. The lowest BCUT2D eigenvalue weighted by Gasteiger charge is -2.22. The molecule has 4 rings (SSSR count). The van der Waals surface area contributed by atoms with Crippen LogP contribution in [-0.2, 0) is 14.8 Å². The summed E-state index contributed by atoms with van der Waals surface area (Å²) in [5.41, 5.74) is 2.38. The number of carbonyl (C=O) groups is 1. The van der Waals surface area contributed by atoms with Gasteiger partial charge in [-0.05, 0) is 31.9 Å². The minimum Gasteiger partial charge on any atom is -0.492 e. The Morgan fingerprint density at radius 3 is 2.47 bits per heavy atom. The van der Waals surface area contributed by atoms with E-state index in [0.717, 1.165) is 16.9 Å². The number of nitrogens with zero attached hydrogens (tertiary/aromatic N) is 3. The molecule has 2 aromatic carbocycles. The third kappa shape index (κ3) is 5.15. The minimum absolute atomic E-state index is 0.0474. The first-order valence-corrected chi connectivity index (χ1v) is 12.8. The number of ether oxygens (including phenoxy) is 1. The highest BCUT2D eigenvalue weighted by Crippen LogP contribution is 2.29. The van der Waals surface area contributed by atoms with E-state index in [4.69, 9.17) is 9.26 Å². The summed E-state index contributed by atoms with van der Waals surface area (Å²) in [7, 11) is -3.72. The highest BCUT2D eigenvalue weighted by molar-refractivity contribution is 7.89. The summed E-state index contributed by atoms with van der Waals surface area (Å²) in [4.78, 5) is 14.7. The number of benzene rings is 2. The van der Waals surface area contributed by atoms with Crippen LogP contribution in [0.2, 0.25) is 0 Å². The van der Waals surface area contributed by atoms with Crippen LogP contribution in [0.4, 0.5) is 0 Å². The minimum atomic E-state index is -3.72. The van der Waals surface area contributed by atoms with Crippen LogP contribution in [0, 0.1) is 13.8 Å². The molecular weight excluding hydrogens is 454 g/mol. The van der Waals surface area contributed by atoms with Gasteiger partial charge in [-0.15, -0.1) is 0 Å². The molecule has 0 N–H and O–H groups in total. The van der Waals surface area contributed by atoms with Crippen LogP contribution >= 0.6 is 0 Å². The zero-order valence-corrected chi connectivity index (χ0v) is 20.3. The van der Waals surface area contributed by atoms with Gasteiger partial charge in [-0.2, -0.15) is 4.31 Å². The average molecular weight is 484 g/mol. The Bertz CT molecular complexity index is 1220. The molecule has 0 saturated carbocycles. The molecule has 34 heavy (non-hydrogen) atoms. The fourth-order valence-electron chi connectivity index (χ4n) is 4.21. The van der Waals surface area contributed by atoms with E-state index in [1.165, 1.54) is 4.31 Å². The number of aromatic nitrogens is 1. The summed E-state index contributed by atoms with van der Waals surface area (Å²) in [6.07, 6.45) is 0.784. The molecule has 0 bridgehead atoms. The smallest absolute Gasteiger partial charge is 0.248 e. The van der Waals surface area contributed by atoms with Crippen molar-refractivity contribution in [1.82, 2.24) is 14.4 Å². The molecule has 0 unspecified atom stereocenters. The molecular formula is C25H29N3O5S. The van der Waals surface area contributed by atoms with Gasteiger partial charge in [0, 0.05) is 31.7 Å². The van der Waals surface area contributed by atoms with Crippen LogP contribution in [-0.4, -0.2) is 61.5 Å². The van der Waals surface area contributed by atoms with Gasteiger partial charge in [0.25, 0.3) is 0 Å². The largest absolute Gasteiger partial charge is 0.492 e. The number of hydrogen-bond donors (Lipinski definition) is 0. The molecule has 1 amide bonds. The van der Waals surface area contributed by atoms with Crippen molar-refractivity contribution in [3.05, 3.63) is 66.1 Å². The lowest BCUT2D eigenvalue weighted by Crippen LogP contribution is -2.38. The summed E-state index contributed by atoms with van der Waals surface area (Å²) in [5.74, 6) is 0.963. The molecule has 1 fully saturated rings. The Kier molecular flexibility index (Phi) is 7.33. The molecule has 0 radical (unpaired) electrons. The molecule has 2 heterocycles. The predicted octanol–water partition coefficient (Wildman–Crippen LogP) is 3.65. The SMILES string of the molecule is Cc1noc(C)c1S(=O)(=O)N1CCCN(C(=O)CCOc2ccccc2-c2ccccc2)CC1. The summed E-state index contributed by atoms with van der Waals surface area (Å²) in [6.45, 7) is 4.88. The van der Waals surface area contributed by atoms with Crippen molar-refractivity contribution in [3.63, 3.8) is 0 Å². The summed E-state index contributed by atoms with van der Waals surface area (Å²) >= 11 is 0. The summed E-state index contributed by atoms with van der Waals surface area (Å²) in [6, 6.07) is 17.7. The molecule has 9 heteroatoms. The fraction of sp³-hybridized carbons (Fsp3) is 0.360. The van der Waals surface area contributed by atoms with Crippen molar-refractivity contribution in [2.24, 2.45) is 0 Å². The maximum Gasteiger partial charge on any atom is 0.248 e. The number of aryl methyl sites for hydroxylation is 2. The van der Waals surface area contributed by atoms with Crippen molar-refractivity contribution < 1.29 is 22.5 Å². The van der Waals surface area contributed by atoms with Gasteiger partial charge in [-0.25, -0.2) is 8.42 Å². The molecule has 8 nitrogen and oxygen atoms in total. The van der Waals surface area contributed by atoms with Gasteiger partial charge in [-0.3, -0.25) is 4.79 Å². The van der Waals surface area contributed by atoms with Crippen LogP contribution in [0.25, 0.3) is 11.1 Å². The van der Waals surface area contributed by atoms with E-state index >= 15 is 0 Å². The summed E-state index contributed by atoms with van der Waals surface area (Å²) in [5, 5.41) is 3.77. The van der Waals surface area contributed by atoms with E-state index in [1.54, 1.807) is 18.7 Å². The van der Waals surface area contributed by atoms with Crippen molar-refractivity contribution in [1.29, 1.82) is 0 Å². The number of rotatable bonds is 7. The number of para-hydroxylation sites is 1. The van der Waals surface area contributed by atoms with Crippen LogP contribution in [0.1, 0.15) is 24.3 Å². The lowest BCUT2D eigenvalue weighted by molar-refractivity contribution is -0.131. The highest BCUT2D eigenvalue weighted by atomic mass is 32.2. The van der Waals surface area contributed by atoms with Gasteiger partial charge in [0.1, 0.15) is 16.3 Å². The maximum absolute atomic E-state index is 13.1. The standard InChI is InChI=1S/C25H29N3O5S/c1-19-25(20(2)33-26-19)34(30,31)28-15-8-14-27(16-17-28)24(29)13-18-32-23-12-7-6-11-22(23)21-9-4-3-5-10-21/h3-7,9-12H,8,13-18H2,1-2H3. The lowest BCUT2D eigenvalue weighted by atomic mass is 10.1.